The highest BCUT2D eigenvalue weighted by molar-refractivity contribution is 5.24. The first-order chi connectivity index (χ1) is 5.68. The molecular weight excluding hydrogens is 150 g/mol. The van der Waals surface area contributed by atoms with E-state index >= 15 is 0 Å². The fourth-order valence-electron chi connectivity index (χ4n) is 2.24. The van der Waals surface area contributed by atoms with Crippen LogP contribution in [0.2, 0.25) is 0 Å². The molecular formula is C9H15N3. The molecule has 3 heteroatoms. The standard InChI is InChI=1S/C9H15N3/c1-9(2)6(3-10)8(9)7-4-11-5-12-7/h4-6,8H,3,10H2,1-2H3,(H,11,12)/t6-,8+/m1/s1. The van der Waals surface area contributed by atoms with Crippen LogP contribution in [0.4, 0.5) is 0 Å². The normalized spacial score (nSPS) is 31.9. The summed E-state index contributed by atoms with van der Waals surface area (Å²) >= 11 is 0. The summed E-state index contributed by atoms with van der Waals surface area (Å²) < 4.78 is 0. The van der Waals surface area contributed by atoms with Crippen molar-refractivity contribution in [3.05, 3.63) is 18.2 Å². The Kier molecular flexibility index (Phi) is 1.51. The molecule has 2 atom stereocenters. The molecule has 0 unspecified atom stereocenters. The fraction of sp³-hybridized carbons (Fsp3) is 0.667. The number of rotatable bonds is 2. The van der Waals surface area contributed by atoms with E-state index in [9.17, 15) is 0 Å². The van der Waals surface area contributed by atoms with Crippen LogP contribution in [0.15, 0.2) is 12.5 Å². The van der Waals surface area contributed by atoms with Crippen molar-refractivity contribution in [1.29, 1.82) is 0 Å². The zero-order valence-corrected chi connectivity index (χ0v) is 7.54. The molecule has 2 rings (SSSR count). The Labute approximate surface area is 72.4 Å². The summed E-state index contributed by atoms with van der Waals surface area (Å²) in [4.78, 5) is 7.17. The maximum atomic E-state index is 5.67. The molecule has 66 valence electrons. The number of hydrogen-bond acceptors (Lipinski definition) is 2. The minimum atomic E-state index is 0.362. The molecule has 0 amide bonds. The first-order valence-electron chi connectivity index (χ1n) is 4.36. The Bertz CT molecular complexity index is 263. The van der Waals surface area contributed by atoms with E-state index in [0.29, 0.717) is 17.3 Å². The minimum Gasteiger partial charge on any atom is -0.348 e. The van der Waals surface area contributed by atoms with Gasteiger partial charge in [0, 0.05) is 17.8 Å². The largest absolute Gasteiger partial charge is 0.348 e. The van der Waals surface area contributed by atoms with Gasteiger partial charge in [-0.15, -0.1) is 0 Å². The van der Waals surface area contributed by atoms with Gasteiger partial charge >= 0.3 is 0 Å². The third-order valence-corrected chi connectivity index (χ3v) is 3.16. The summed E-state index contributed by atoms with van der Waals surface area (Å²) in [6.45, 7) is 5.29. The number of nitrogens with zero attached hydrogens (tertiary/aromatic N) is 1. The van der Waals surface area contributed by atoms with E-state index in [4.69, 9.17) is 5.73 Å². The van der Waals surface area contributed by atoms with Gasteiger partial charge in [-0.25, -0.2) is 4.98 Å². The van der Waals surface area contributed by atoms with Crippen molar-refractivity contribution in [1.82, 2.24) is 9.97 Å². The zero-order chi connectivity index (χ0) is 8.77. The Hall–Kier alpha value is -0.830. The summed E-state index contributed by atoms with van der Waals surface area (Å²) in [5.41, 5.74) is 7.27. The van der Waals surface area contributed by atoms with Crippen LogP contribution in [0.3, 0.4) is 0 Å². The third-order valence-electron chi connectivity index (χ3n) is 3.16. The van der Waals surface area contributed by atoms with Crippen LogP contribution in [0, 0.1) is 11.3 Å². The quantitative estimate of drug-likeness (QED) is 0.689. The van der Waals surface area contributed by atoms with Crippen molar-refractivity contribution in [2.45, 2.75) is 19.8 Å². The van der Waals surface area contributed by atoms with Gasteiger partial charge in [0.1, 0.15) is 0 Å². The van der Waals surface area contributed by atoms with Gasteiger partial charge in [-0.2, -0.15) is 0 Å². The maximum Gasteiger partial charge on any atom is 0.0921 e. The molecule has 0 saturated heterocycles. The van der Waals surface area contributed by atoms with Crippen molar-refractivity contribution < 1.29 is 0 Å². The van der Waals surface area contributed by atoms with Gasteiger partial charge in [0.2, 0.25) is 0 Å². The van der Waals surface area contributed by atoms with Gasteiger partial charge in [-0.3, -0.25) is 0 Å². The van der Waals surface area contributed by atoms with Crippen LogP contribution >= 0.6 is 0 Å². The van der Waals surface area contributed by atoms with Crippen molar-refractivity contribution >= 4 is 0 Å². The summed E-state index contributed by atoms with van der Waals surface area (Å²) in [7, 11) is 0. The van der Waals surface area contributed by atoms with Gasteiger partial charge in [0.05, 0.1) is 6.33 Å². The highest BCUT2D eigenvalue weighted by atomic mass is 14.9. The molecule has 1 fully saturated rings. The van der Waals surface area contributed by atoms with Gasteiger partial charge in [-0.05, 0) is 17.9 Å². The minimum absolute atomic E-state index is 0.362. The number of imidazole rings is 1. The Morgan fingerprint density at radius 3 is 2.83 bits per heavy atom. The molecule has 3 N–H and O–H groups in total. The Morgan fingerprint density at radius 2 is 2.42 bits per heavy atom. The van der Waals surface area contributed by atoms with Crippen LogP contribution in [-0.2, 0) is 0 Å². The second-order valence-electron chi connectivity index (χ2n) is 4.15. The second-order valence-corrected chi connectivity index (χ2v) is 4.15. The number of hydrogen-bond donors (Lipinski definition) is 2. The molecule has 0 aliphatic heterocycles. The molecule has 12 heavy (non-hydrogen) atoms. The van der Waals surface area contributed by atoms with E-state index in [1.165, 1.54) is 5.69 Å². The number of nitrogens with one attached hydrogen (secondary N) is 1. The summed E-state index contributed by atoms with van der Waals surface area (Å²) in [6, 6.07) is 0. The third kappa shape index (κ3) is 0.894. The van der Waals surface area contributed by atoms with E-state index in [-0.39, 0.29) is 0 Å². The predicted molar refractivity (Wildman–Crippen MR) is 47.7 cm³/mol. The van der Waals surface area contributed by atoms with E-state index < -0.39 is 0 Å². The summed E-state index contributed by atoms with van der Waals surface area (Å²) in [5.74, 6) is 1.21. The highest BCUT2D eigenvalue weighted by Gasteiger charge is 2.57. The number of H-pyrrole nitrogens is 1. The number of aromatic nitrogens is 2. The average molecular weight is 165 g/mol. The van der Waals surface area contributed by atoms with Gasteiger partial charge in [-0.1, -0.05) is 13.8 Å². The van der Waals surface area contributed by atoms with Crippen LogP contribution in [0.5, 0.6) is 0 Å². The van der Waals surface area contributed by atoms with E-state index in [1.807, 2.05) is 6.20 Å². The lowest BCUT2D eigenvalue weighted by atomic mass is 10.1. The lowest BCUT2D eigenvalue weighted by molar-refractivity contribution is 0.557. The molecule has 1 aromatic rings. The molecule has 1 saturated carbocycles. The van der Waals surface area contributed by atoms with Crippen molar-refractivity contribution in [3.63, 3.8) is 0 Å². The monoisotopic (exact) mass is 165 g/mol. The molecule has 0 spiro atoms. The van der Waals surface area contributed by atoms with Gasteiger partial charge in [0.15, 0.2) is 0 Å². The molecule has 3 nitrogen and oxygen atoms in total. The summed E-state index contributed by atoms with van der Waals surface area (Å²) in [6.07, 6.45) is 3.64. The van der Waals surface area contributed by atoms with Gasteiger partial charge in [0.25, 0.3) is 0 Å². The van der Waals surface area contributed by atoms with E-state index in [1.54, 1.807) is 6.33 Å². The Morgan fingerprint density at radius 1 is 1.67 bits per heavy atom. The molecule has 0 bridgehead atoms. The van der Waals surface area contributed by atoms with E-state index in [0.717, 1.165) is 6.54 Å². The van der Waals surface area contributed by atoms with Crippen molar-refractivity contribution in [2.24, 2.45) is 17.1 Å². The lowest BCUT2D eigenvalue weighted by Crippen LogP contribution is -2.05. The first kappa shape index (κ1) is 7.80. The highest BCUT2D eigenvalue weighted by Crippen LogP contribution is 2.63. The molecule has 1 aliphatic carbocycles. The van der Waals surface area contributed by atoms with Crippen LogP contribution < -0.4 is 5.73 Å². The number of nitrogens with two attached hydrogens (primary N) is 1. The topological polar surface area (TPSA) is 54.7 Å². The van der Waals surface area contributed by atoms with Crippen molar-refractivity contribution in [3.8, 4) is 0 Å². The van der Waals surface area contributed by atoms with Crippen LogP contribution in [0.25, 0.3) is 0 Å². The predicted octanol–water partition coefficient (Wildman–Crippen LogP) is 1.11. The molecule has 0 radical (unpaired) electrons. The smallest absolute Gasteiger partial charge is 0.0921 e. The molecule has 1 aliphatic rings. The van der Waals surface area contributed by atoms with Crippen LogP contribution in [-0.4, -0.2) is 16.5 Å². The first-order valence-corrected chi connectivity index (χ1v) is 4.36. The Balaban J connectivity index is 2.19. The average Bonchev–Trinajstić information content (AvgIpc) is 2.50. The van der Waals surface area contributed by atoms with Crippen LogP contribution in [0.1, 0.15) is 25.5 Å². The second kappa shape index (κ2) is 2.33. The van der Waals surface area contributed by atoms with Gasteiger partial charge < -0.3 is 10.7 Å². The van der Waals surface area contributed by atoms with Crippen molar-refractivity contribution in [2.75, 3.05) is 6.54 Å². The maximum absolute atomic E-state index is 5.67. The zero-order valence-electron chi connectivity index (χ0n) is 7.54. The number of aromatic amines is 1. The SMILES string of the molecule is CC1(C)[C@H](CN)[C@H]1c1cnc[nH]1. The molecule has 1 heterocycles. The fourth-order valence-corrected chi connectivity index (χ4v) is 2.24. The van der Waals surface area contributed by atoms with E-state index in [2.05, 4.69) is 23.8 Å². The molecule has 1 aromatic heterocycles. The lowest BCUT2D eigenvalue weighted by Gasteiger charge is -1.98. The molecule has 0 aromatic carbocycles. The summed E-state index contributed by atoms with van der Waals surface area (Å²) in [5, 5.41) is 0.